The Labute approximate surface area is 160 Å². The first-order valence-electron chi connectivity index (χ1n) is 9.35. The van der Waals surface area contributed by atoms with Crippen molar-refractivity contribution in [2.45, 2.75) is 13.5 Å². The van der Waals surface area contributed by atoms with E-state index in [9.17, 15) is 0 Å². The van der Waals surface area contributed by atoms with Gasteiger partial charge in [0.1, 0.15) is 5.82 Å². The first-order valence-corrected chi connectivity index (χ1v) is 9.35. The van der Waals surface area contributed by atoms with Gasteiger partial charge in [0.15, 0.2) is 0 Å². The van der Waals surface area contributed by atoms with Crippen molar-refractivity contribution < 1.29 is 4.74 Å². The zero-order valence-corrected chi connectivity index (χ0v) is 15.6. The van der Waals surface area contributed by atoms with Crippen LogP contribution in [0.25, 0.3) is 11.3 Å². The highest BCUT2D eigenvalue weighted by molar-refractivity contribution is 5.65. The van der Waals surface area contributed by atoms with Crippen LogP contribution >= 0.6 is 0 Å². The predicted octanol–water partition coefficient (Wildman–Crippen LogP) is 3.90. The van der Waals surface area contributed by atoms with Gasteiger partial charge in [0.05, 0.1) is 18.9 Å². The molecule has 5 heteroatoms. The lowest BCUT2D eigenvalue weighted by molar-refractivity contribution is 0.122. The van der Waals surface area contributed by atoms with Gasteiger partial charge in [-0.05, 0) is 18.1 Å². The third-order valence-electron chi connectivity index (χ3n) is 4.82. The largest absolute Gasteiger partial charge is 0.378 e. The van der Waals surface area contributed by atoms with Gasteiger partial charge in [0.2, 0.25) is 5.95 Å². The molecule has 0 radical (unpaired) electrons. The van der Waals surface area contributed by atoms with Crippen molar-refractivity contribution in [2.75, 3.05) is 36.5 Å². The van der Waals surface area contributed by atoms with Crippen LogP contribution in [-0.4, -0.2) is 36.3 Å². The topological polar surface area (TPSA) is 50.3 Å². The van der Waals surface area contributed by atoms with Crippen LogP contribution in [0.1, 0.15) is 11.1 Å². The molecule has 0 aliphatic carbocycles. The molecule has 1 aliphatic heterocycles. The van der Waals surface area contributed by atoms with E-state index in [0.29, 0.717) is 12.5 Å². The zero-order valence-electron chi connectivity index (χ0n) is 15.6. The van der Waals surface area contributed by atoms with Gasteiger partial charge >= 0.3 is 0 Å². The molecule has 0 saturated carbocycles. The Bertz CT molecular complexity index is 892. The van der Waals surface area contributed by atoms with Crippen LogP contribution in [0.4, 0.5) is 11.8 Å². The summed E-state index contributed by atoms with van der Waals surface area (Å²) >= 11 is 0. The molecular weight excluding hydrogens is 336 g/mol. The molecule has 0 amide bonds. The van der Waals surface area contributed by atoms with E-state index < -0.39 is 0 Å². The van der Waals surface area contributed by atoms with E-state index >= 15 is 0 Å². The molecular formula is C22H24N4O. The number of morpholine rings is 1. The number of hydrogen-bond donors (Lipinski definition) is 1. The van der Waals surface area contributed by atoms with Gasteiger partial charge < -0.3 is 15.0 Å². The maximum Gasteiger partial charge on any atom is 0.225 e. The summed E-state index contributed by atoms with van der Waals surface area (Å²) in [5.74, 6) is 1.60. The van der Waals surface area contributed by atoms with E-state index in [1.54, 1.807) is 0 Å². The first kappa shape index (κ1) is 17.5. The Balaban J connectivity index is 1.64. The lowest BCUT2D eigenvalue weighted by Gasteiger charge is -2.28. The molecule has 4 rings (SSSR count). The highest BCUT2D eigenvalue weighted by Crippen LogP contribution is 2.24. The number of rotatable bonds is 5. The van der Waals surface area contributed by atoms with E-state index in [-0.39, 0.29) is 0 Å². The molecule has 2 aromatic carbocycles. The van der Waals surface area contributed by atoms with E-state index in [0.717, 1.165) is 43.4 Å². The minimum absolute atomic E-state index is 0.654. The number of hydrogen-bond acceptors (Lipinski definition) is 5. The number of ether oxygens (including phenoxy) is 1. The van der Waals surface area contributed by atoms with Crippen LogP contribution in [-0.2, 0) is 11.3 Å². The standard InChI is InChI=1S/C22H24N4O/c1-17-7-5-6-10-19(17)16-23-22-24-20(18-8-3-2-4-9-18)15-21(25-22)26-11-13-27-14-12-26/h2-10,15H,11-14,16H2,1H3,(H,23,24,25). The molecule has 1 aliphatic rings. The fraction of sp³-hybridized carbons (Fsp3) is 0.273. The fourth-order valence-corrected chi connectivity index (χ4v) is 3.21. The normalized spacial score (nSPS) is 14.2. The molecule has 2 heterocycles. The number of nitrogens with one attached hydrogen (secondary N) is 1. The maximum absolute atomic E-state index is 5.48. The third kappa shape index (κ3) is 4.26. The Hall–Kier alpha value is -2.92. The van der Waals surface area contributed by atoms with Crippen LogP contribution in [0, 0.1) is 6.92 Å². The molecule has 1 saturated heterocycles. The van der Waals surface area contributed by atoms with E-state index in [2.05, 4.69) is 59.6 Å². The molecule has 3 aromatic rings. The minimum atomic E-state index is 0.654. The number of aryl methyl sites for hydroxylation is 1. The monoisotopic (exact) mass is 360 g/mol. The smallest absolute Gasteiger partial charge is 0.225 e. The number of aromatic nitrogens is 2. The summed E-state index contributed by atoms with van der Waals surface area (Å²) in [5.41, 5.74) is 4.53. The fourth-order valence-electron chi connectivity index (χ4n) is 3.21. The van der Waals surface area contributed by atoms with Crippen molar-refractivity contribution in [1.82, 2.24) is 9.97 Å². The summed E-state index contributed by atoms with van der Waals surface area (Å²) in [6.45, 7) is 5.99. The van der Waals surface area contributed by atoms with Gasteiger partial charge in [-0.15, -0.1) is 0 Å². The lowest BCUT2D eigenvalue weighted by atomic mass is 10.1. The highest BCUT2D eigenvalue weighted by atomic mass is 16.5. The predicted molar refractivity (Wildman–Crippen MR) is 109 cm³/mol. The van der Waals surface area contributed by atoms with Crippen molar-refractivity contribution in [3.8, 4) is 11.3 Å². The molecule has 0 unspecified atom stereocenters. The Morgan fingerprint density at radius 2 is 1.70 bits per heavy atom. The van der Waals surface area contributed by atoms with Crippen molar-refractivity contribution in [3.63, 3.8) is 0 Å². The van der Waals surface area contributed by atoms with Crippen LogP contribution < -0.4 is 10.2 Å². The number of nitrogens with zero attached hydrogens (tertiary/aromatic N) is 3. The SMILES string of the molecule is Cc1ccccc1CNc1nc(-c2ccccc2)cc(N2CCOCC2)n1. The van der Waals surface area contributed by atoms with E-state index in [1.807, 2.05) is 18.2 Å². The molecule has 0 atom stereocenters. The van der Waals surface area contributed by atoms with Crippen LogP contribution in [0.15, 0.2) is 60.7 Å². The summed E-state index contributed by atoms with van der Waals surface area (Å²) in [6.07, 6.45) is 0. The maximum atomic E-state index is 5.48. The molecule has 5 nitrogen and oxygen atoms in total. The van der Waals surface area contributed by atoms with Crippen LogP contribution in [0.2, 0.25) is 0 Å². The average molecular weight is 360 g/mol. The molecule has 0 spiro atoms. The van der Waals surface area contributed by atoms with Gasteiger partial charge in [-0.1, -0.05) is 54.6 Å². The average Bonchev–Trinajstić information content (AvgIpc) is 2.74. The summed E-state index contributed by atoms with van der Waals surface area (Å²) in [5, 5.41) is 3.41. The quantitative estimate of drug-likeness (QED) is 0.748. The molecule has 1 fully saturated rings. The number of anilines is 2. The molecule has 138 valence electrons. The van der Waals surface area contributed by atoms with Crippen molar-refractivity contribution in [3.05, 3.63) is 71.8 Å². The lowest BCUT2D eigenvalue weighted by Crippen LogP contribution is -2.36. The second-order valence-corrected chi connectivity index (χ2v) is 6.68. The second-order valence-electron chi connectivity index (χ2n) is 6.68. The first-order chi connectivity index (χ1) is 13.3. The Kier molecular flexibility index (Phi) is 5.30. The van der Waals surface area contributed by atoms with Gasteiger partial charge in [-0.3, -0.25) is 0 Å². The van der Waals surface area contributed by atoms with Gasteiger partial charge in [-0.2, -0.15) is 4.98 Å². The van der Waals surface area contributed by atoms with E-state index in [1.165, 1.54) is 11.1 Å². The number of benzene rings is 2. The summed E-state index contributed by atoms with van der Waals surface area (Å²) in [6, 6.07) is 20.7. The summed E-state index contributed by atoms with van der Waals surface area (Å²) < 4.78 is 5.48. The van der Waals surface area contributed by atoms with Crippen LogP contribution in [0.3, 0.4) is 0 Å². The van der Waals surface area contributed by atoms with Gasteiger partial charge in [-0.25, -0.2) is 4.98 Å². The molecule has 1 N–H and O–H groups in total. The Morgan fingerprint density at radius 3 is 2.48 bits per heavy atom. The van der Waals surface area contributed by atoms with Crippen molar-refractivity contribution >= 4 is 11.8 Å². The molecule has 1 aromatic heterocycles. The minimum Gasteiger partial charge on any atom is -0.378 e. The van der Waals surface area contributed by atoms with Crippen LogP contribution in [0.5, 0.6) is 0 Å². The van der Waals surface area contributed by atoms with Crippen molar-refractivity contribution in [2.24, 2.45) is 0 Å². The Morgan fingerprint density at radius 1 is 0.963 bits per heavy atom. The zero-order chi connectivity index (χ0) is 18.5. The molecule has 27 heavy (non-hydrogen) atoms. The van der Waals surface area contributed by atoms with Gasteiger partial charge in [0, 0.05) is 31.3 Å². The third-order valence-corrected chi connectivity index (χ3v) is 4.82. The summed E-state index contributed by atoms with van der Waals surface area (Å²) in [7, 11) is 0. The second kappa shape index (κ2) is 8.18. The van der Waals surface area contributed by atoms with Crippen molar-refractivity contribution in [1.29, 1.82) is 0 Å². The highest BCUT2D eigenvalue weighted by Gasteiger charge is 2.15. The summed E-state index contributed by atoms with van der Waals surface area (Å²) in [4.78, 5) is 11.8. The van der Waals surface area contributed by atoms with E-state index in [4.69, 9.17) is 14.7 Å². The van der Waals surface area contributed by atoms with Gasteiger partial charge in [0.25, 0.3) is 0 Å². The molecule has 0 bridgehead atoms.